The molecular weight excluding hydrogens is 381 g/mol. The van der Waals surface area contributed by atoms with Crippen LogP contribution in [-0.4, -0.2) is 20.9 Å². The molecule has 0 aliphatic rings. The predicted molar refractivity (Wildman–Crippen MR) is 89.8 cm³/mol. The minimum atomic E-state index is -0.568. The van der Waals surface area contributed by atoms with Crippen molar-refractivity contribution in [2.24, 2.45) is 5.73 Å². The van der Waals surface area contributed by atoms with Crippen molar-refractivity contribution in [3.63, 3.8) is 0 Å². The average molecular weight is 399 g/mol. The second-order valence-electron chi connectivity index (χ2n) is 5.53. The van der Waals surface area contributed by atoms with Crippen molar-refractivity contribution in [2.75, 3.05) is 5.32 Å². The largest absolute Gasteiger partial charge is 0.324 e. The molecule has 112 valence electrons. The van der Waals surface area contributed by atoms with Crippen LogP contribution in [-0.2, 0) is 16.9 Å². The van der Waals surface area contributed by atoms with Crippen molar-refractivity contribution in [1.29, 1.82) is 0 Å². The van der Waals surface area contributed by atoms with E-state index in [9.17, 15) is 4.79 Å². The van der Waals surface area contributed by atoms with Crippen LogP contribution in [0.25, 0.3) is 0 Å². The third kappa shape index (κ3) is 4.24. The topological polar surface area (TPSA) is 85.8 Å². The summed E-state index contributed by atoms with van der Waals surface area (Å²) in [6.07, 6.45) is 1.69. The molecule has 0 atom stereocenters. The van der Waals surface area contributed by atoms with E-state index in [0.717, 1.165) is 14.8 Å². The first-order valence-electron chi connectivity index (χ1n) is 6.51. The van der Waals surface area contributed by atoms with Crippen molar-refractivity contribution >= 4 is 34.2 Å². The Balaban J connectivity index is 2.03. The molecule has 0 spiro atoms. The monoisotopic (exact) mass is 399 g/mol. The summed E-state index contributed by atoms with van der Waals surface area (Å²) >= 11 is 2.24. The van der Waals surface area contributed by atoms with Crippen molar-refractivity contribution in [1.82, 2.24) is 15.0 Å². The van der Waals surface area contributed by atoms with Gasteiger partial charge < -0.3 is 11.1 Å². The Morgan fingerprint density at radius 1 is 1.48 bits per heavy atom. The maximum absolute atomic E-state index is 12.0. The average Bonchev–Trinajstić information content (AvgIpc) is 2.81. The third-order valence-corrected chi connectivity index (χ3v) is 3.64. The molecule has 21 heavy (non-hydrogen) atoms. The summed E-state index contributed by atoms with van der Waals surface area (Å²) in [4.78, 5) is 12.0. The number of halogens is 1. The number of amides is 1. The number of aromatic nitrogens is 3. The van der Waals surface area contributed by atoms with Gasteiger partial charge in [0.05, 0.1) is 11.7 Å². The first-order chi connectivity index (χ1) is 9.75. The molecule has 0 saturated heterocycles. The Morgan fingerprint density at radius 3 is 2.76 bits per heavy atom. The minimum absolute atomic E-state index is 0.106. The van der Waals surface area contributed by atoms with Crippen LogP contribution in [0.4, 0.5) is 5.69 Å². The second kappa shape index (κ2) is 6.10. The summed E-state index contributed by atoms with van der Waals surface area (Å²) in [5.74, 6) is -0.148. The van der Waals surface area contributed by atoms with Gasteiger partial charge in [-0.3, -0.25) is 4.79 Å². The van der Waals surface area contributed by atoms with Crippen LogP contribution in [0.2, 0.25) is 0 Å². The van der Waals surface area contributed by atoms with Crippen LogP contribution in [0.5, 0.6) is 0 Å². The number of nitrogens with two attached hydrogens (primary N) is 1. The molecule has 1 aromatic heterocycles. The van der Waals surface area contributed by atoms with Gasteiger partial charge in [-0.2, -0.15) is 0 Å². The zero-order chi connectivity index (χ0) is 15.6. The molecule has 0 unspecified atom stereocenters. The maximum atomic E-state index is 12.0. The number of carbonyl (C=O) groups excluding carboxylic acids is 1. The molecule has 0 aliphatic carbocycles. The Bertz CT molecular complexity index is 660. The number of nitrogens with zero attached hydrogens (tertiary/aromatic N) is 3. The molecule has 2 aromatic rings. The number of aryl methyl sites for hydroxylation is 1. The van der Waals surface area contributed by atoms with Gasteiger partial charge in [0.2, 0.25) is 5.91 Å². The van der Waals surface area contributed by atoms with Crippen LogP contribution in [0, 0.1) is 10.5 Å². The number of benzene rings is 1. The summed E-state index contributed by atoms with van der Waals surface area (Å²) in [5, 5.41) is 10.8. The van der Waals surface area contributed by atoms with Crippen molar-refractivity contribution in [2.45, 2.75) is 32.9 Å². The van der Waals surface area contributed by atoms with E-state index in [1.165, 1.54) is 4.68 Å². The Morgan fingerprint density at radius 2 is 2.19 bits per heavy atom. The highest BCUT2D eigenvalue weighted by molar-refractivity contribution is 14.1. The van der Waals surface area contributed by atoms with Gasteiger partial charge in [0.15, 0.2) is 0 Å². The lowest BCUT2D eigenvalue weighted by atomic mass is 10.0. The first kappa shape index (κ1) is 15.9. The quantitative estimate of drug-likeness (QED) is 0.771. The summed E-state index contributed by atoms with van der Waals surface area (Å²) in [5.41, 5.74) is 7.86. The molecule has 0 radical (unpaired) electrons. The van der Waals surface area contributed by atoms with E-state index in [0.29, 0.717) is 5.69 Å². The number of nitrogens with one attached hydrogen (secondary N) is 1. The fourth-order valence-electron chi connectivity index (χ4n) is 1.78. The molecule has 1 aromatic carbocycles. The van der Waals surface area contributed by atoms with E-state index in [-0.39, 0.29) is 12.5 Å². The lowest BCUT2D eigenvalue weighted by Gasteiger charge is -2.13. The molecule has 0 saturated carbocycles. The van der Waals surface area contributed by atoms with Crippen LogP contribution in [0.15, 0.2) is 24.4 Å². The highest BCUT2D eigenvalue weighted by Crippen LogP contribution is 2.18. The smallest absolute Gasteiger partial charge is 0.246 e. The van der Waals surface area contributed by atoms with Gasteiger partial charge in [-0.25, -0.2) is 4.68 Å². The van der Waals surface area contributed by atoms with Gasteiger partial charge >= 0.3 is 0 Å². The maximum Gasteiger partial charge on any atom is 0.246 e. The molecular formula is C14H18IN5O. The van der Waals surface area contributed by atoms with Gasteiger partial charge in [0.25, 0.3) is 0 Å². The highest BCUT2D eigenvalue weighted by Gasteiger charge is 2.19. The van der Waals surface area contributed by atoms with Crippen LogP contribution in [0.3, 0.4) is 0 Å². The summed E-state index contributed by atoms with van der Waals surface area (Å²) in [6.45, 7) is 5.75. The Kier molecular flexibility index (Phi) is 4.62. The minimum Gasteiger partial charge on any atom is -0.324 e. The number of rotatable bonds is 4. The lowest BCUT2D eigenvalue weighted by Crippen LogP contribution is -2.29. The standard InChI is InChI=1S/C14H18IN5O/c1-9-6-10(15)4-5-11(9)17-13(21)8-20-7-12(18-19-20)14(2,3)16/h4-7H,8,16H2,1-3H3,(H,17,21). The molecule has 3 N–H and O–H groups in total. The molecule has 6 nitrogen and oxygen atoms in total. The predicted octanol–water partition coefficient (Wildman–Crippen LogP) is 2.02. The zero-order valence-electron chi connectivity index (χ0n) is 12.2. The Hall–Kier alpha value is -1.48. The van der Waals surface area contributed by atoms with Crippen LogP contribution >= 0.6 is 22.6 Å². The van der Waals surface area contributed by atoms with Gasteiger partial charge in [-0.15, -0.1) is 5.10 Å². The molecule has 7 heteroatoms. The molecule has 0 aliphatic heterocycles. The van der Waals surface area contributed by atoms with E-state index in [4.69, 9.17) is 5.73 Å². The second-order valence-corrected chi connectivity index (χ2v) is 6.78. The summed E-state index contributed by atoms with van der Waals surface area (Å²) in [6, 6.07) is 5.86. The fourth-order valence-corrected chi connectivity index (χ4v) is 2.42. The van der Waals surface area contributed by atoms with Gasteiger partial charge in [0, 0.05) is 9.26 Å². The molecule has 1 heterocycles. The normalized spacial score (nSPS) is 11.5. The molecule has 1 amide bonds. The van der Waals surface area contributed by atoms with Crippen molar-refractivity contribution in [3.05, 3.63) is 39.2 Å². The van der Waals surface area contributed by atoms with E-state index in [1.807, 2.05) is 39.0 Å². The van der Waals surface area contributed by atoms with E-state index < -0.39 is 5.54 Å². The van der Waals surface area contributed by atoms with Gasteiger partial charge in [0.1, 0.15) is 12.2 Å². The van der Waals surface area contributed by atoms with Crippen molar-refractivity contribution < 1.29 is 4.79 Å². The molecule has 2 rings (SSSR count). The van der Waals surface area contributed by atoms with E-state index in [1.54, 1.807) is 6.20 Å². The number of carbonyl (C=O) groups is 1. The molecule has 0 fully saturated rings. The third-order valence-electron chi connectivity index (χ3n) is 2.97. The zero-order valence-corrected chi connectivity index (χ0v) is 14.4. The van der Waals surface area contributed by atoms with E-state index in [2.05, 4.69) is 38.2 Å². The summed E-state index contributed by atoms with van der Waals surface area (Å²) in [7, 11) is 0. The van der Waals surface area contributed by atoms with Crippen LogP contribution < -0.4 is 11.1 Å². The SMILES string of the molecule is Cc1cc(I)ccc1NC(=O)Cn1cc(C(C)(C)N)nn1. The fraction of sp³-hybridized carbons (Fsp3) is 0.357. The van der Waals surface area contributed by atoms with Crippen molar-refractivity contribution in [3.8, 4) is 0 Å². The molecule has 0 bridgehead atoms. The first-order valence-corrected chi connectivity index (χ1v) is 7.59. The highest BCUT2D eigenvalue weighted by atomic mass is 127. The number of hydrogen-bond donors (Lipinski definition) is 2. The Labute approximate surface area is 137 Å². The van der Waals surface area contributed by atoms with E-state index >= 15 is 0 Å². The number of hydrogen-bond acceptors (Lipinski definition) is 4. The number of anilines is 1. The summed E-state index contributed by atoms with van der Waals surface area (Å²) < 4.78 is 2.62. The van der Waals surface area contributed by atoms with Gasteiger partial charge in [-0.05, 0) is 67.1 Å². The van der Waals surface area contributed by atoms with Gasteiger partial charge in [-0.1, -0.05) is 5.21 Å². The lowest BCUT2D eigenvalue weighted by molar-refractivity contribution is -0.116. The van der Waals surface area contributed by atoms with Crippen LogP contribution in [0.1, 0.15) is 25.1 Å².